The van der Waals surface area contributed by atoms with Gasteiger partial charge in [-0.25, -0.2) is 4.98 Å². The van der Waals surface area contributed by atoms with Crippen molar-refractivity contribution >= 4 is 34.6 Å². The highest BCUT2D eigenvalue weighted by Crippen LogP contribution is 2.27. The maximum Gasteiger partial charge on any atom is 0.311 e. The quantitative estimate of drug-likeness (QED) is 0.893. The molecule has 3 rings (SSSR count). The summed E-state index contributed by atoms with van der Waals surface area (Å²) >= 11 is 2.95. The monoisotopic (exact) mass is 324 g/mol. The van der Waals surface area contributed by atoms with Crippen molar-refractivity contribution in [3.8, 4) is 9.88 Å². The number of rotatable bonds is 4. The van der Waals surface area contributed by atoms with E-state index in [0.29, 0.717) is 5.69 Å². The van der Waals surface area contributed by atoms with Gasteiger partial charge >= 0.3 is 5.97 Å². The van der Waals surface area contributed by atoms with Gasteiger partial charge < -0.3 is 15.2 Å². The van der Waals surface area contributed by atoms with E-state index in [1.54, 1.807) is 16.7 Å². The fourth-order valence-electron chi connectivity index (χ4n) is 2.07. The number of hydrogen-bond donors (Lipinski definition) is 2. The second-order valence-electron chi connectivity index (χ2n) is 4.58. The SMILES string of the molecule is O=C(NC1COCC1C(=O)O)c1csc(-c2cccs2)n1. The third-order valence-electron chi connectivity index (χ3n) is 3.18. The third-order valence-corrected chi connectivity index (χ3v) is 5.06. The Hall–Kier alpha value is -1.77. The molecule has 0 radical (unpaired) electrons. The van der Waals surface area contributed by atoms with Gasteiger partial charge in [-0.15, -0.1) is 22.7 Å². The minimum atomic E-state index is -0.963. The Balaban J connectivity index is 1.70. The van der Waals surface area contributed by atoms with E-state index in [4.69, 9.17) is 9.84 Å². The zero-order chi connectivity index (χ0) is 14.8. The van der Waals surface area contributed by atoms with Crippen LogP contribution in [0.1, 0.15) is 10.5 Å². The first-order chi connectivity index (χ1) is 10.1. The highest BCUT2D eigenvalue weighted by atomic mass is 32.1. The first-order valence-electron chi connectivity index (χ1n) is 6.26. The zero-order valence-corrected chi connectivity index (χ0v) is 12.4. The fraction of sp³-hybridized carbons (Fsp3) is 0.308. The van der Waals surface area contributed by atoms with Crippen molar-refractivity contribution in [3.63, 3.8) is 0 Å². The molecule has 8 heteroatoms. The molecule has 110 valence electrons. The van der Waals surface area contributed by atoms with Crippen molar-refractivity contribution in [1.29, 1.82) is 0 Å². The number of ether oxygens (including phenoxy) is 1. The summed E-state index contributed by atoms with van der Waals surface area (Å²) in [4.78, 5) is 28.5. The van der Waals surface area contributed by atoms with Gasteiger partial charge in [0.2, 0.25) is 0 Å². The molecule has 0 saturated carbocycles. The Bertz CT molecular complexity index is 653. The normalized spacial score (nSPS) is 21.3. The summed E-state index contributed by atoms with van der Waals surface area (Å²) in [6.45, 7) is 0.336. The number of thiophene rings is 1. The van der Waals surface area contributed by atoms with Crippen LogP contribution in [-0.4, -0.2) is 41.2 Å². The molecule has 2 N–H and O–H groups in total. The summed E-state index contributed by atoms with van der Waals surface area (Å²) in [6, 6.07) is 3.35. The lowest BCUT2D eigenvalue weighted by Gasteiger charge is -2.14. The Labute approximate surface area is 128 Å². The van der Waals surface area contributed by atoms with Crippen LogP contribution in [0.4, 0.5) is 0 Å². The summed E-state index contributed by atoms with van der Waals surface area (Å²) in [6.07, 6.45) is 0. The van der Waals surface area contributed by atoms with E-state index >= 15 is 0 Å². The predicted octanol–water partition coefficient (Wildman–Crippen LogP) is 1.70. The largest absolute Gasteiger partial charge is 0.481 e. The van der Waals surface area contributed by atoms with Crippen LogP contribution in [-0.2, 0) is 9.53 Å². The van der Waals surface area contributed by atoms with Crippen molar-refractivity contribution in [1.82, 2.24) is 10.3 Å². The van der Waals surface area contributed by atoms with E-state index in [2.05, 4.69) is 10.3 Å². The highest BCUT2D eigenvalue weighted by Gasteiger charge is 2.35. The molecular formula is C13H12N2O4S2. The second kappa shape index (κ2) is 5.92. The molecule has 2 aromatic heterocycles. The molecule has 3 heterocycles. The van der Waals surface area contributed by atoms with Crippen molar-refractivity contribution in [2.24, 2.45) is 5.92 Å². The number of carboxylic acid groups (broad SMARTS) is 1. The van der Waals surface area contributed by atoms with Crippen LogP contribution in [0.25, 0.3) is 9.88 Å². The van der Waals surface area contributed by atoms with Crippen LogP contribution >= 0.6 is 22.7 Å². The number of aromatic nitrogens is 1. The van der Waals surface area contributed by atoms with Gasteiger partial charge in [0.15, 0.2) is 0 Å². The number of thiazole rings is 1. The molecule has 21 heavy (non-hydrogen) atoms. The molecule has 2 aromatic rings. The number of hydrogen-bond acceptors (Lipinski definition) is 6. The lowest BCUT2D eigenvalue weighted by Crippen LogP contribution is -2.42. The number of carboxylic acids is 1. The Kier molecular flexibility index (Phi) is 4.00. The molecule has 2 unspecified atom stereocenters. The maximum absolute atomic E-state index is 12.1. The van der Waals surface area contributed by atoms with E-state index < -0.39 is 17.9 Å². The molecule has 1 saturated heterocycles. The van der Waals surface area contributed by atoms with Gasteiger partial charge in [-0.1, -0.05) is 6.07 Å². The zero-order valence-electron chi connectivity index (χ0n) is 10.8. The lowest BCUT2D eigenvalue weighted by atomic mass is 10.0. The van der Waals surface area contributed by atoms with Crippen molar-refractivity contribution in [3.05, 3.63) is 28.6 Å². The number of carbonyl (C=O) groups excluding carboxylic acids is 1. The third kappa shape index (κ3) is 2.97. The van der Waals surface area contributed by atoms with Crippen LogP contribution in [0.15, 0.2) is 22.9 Å². The first kappa shape index (κ1) is 14.2. The Morgan fingerprint density at radius 2 is 2.24 bits per heavy atom. The topological polar surface area (TPSA) is 88.5 Å². The highest BCUT2D eigenvalue weighted by molar-refractivity contribution is 7.20. The van der Waals surface area contributed by atoms with Gasteiger partial charge in [0, 0.05) is 5.38 Å². The van der Waals surface area contributed by atoms with Gasteiger partial charge in [0.25, 0.3) is 5.91 Å². The van der Waals surface area contributed by atoms with E-state index in [-0.39, 0.29) is 19.1 Å². The van der Waals surface area contributed by atoms with Gasteiger partial charge in [-0.2, -0.15) is 0 Å². The summed E-state index contributed by atoms with van der Waals surface area (Å²) in [5.41, 5.74) is 0.305. The van der Waals surface area contributed by atoms with Crippen molar-refractivity contribution in [2.75, 3.05) is 13.2 Å². The van der Waals surface area contributed by atoms with E-state index in [1.807, 2.05) is 17.5 Å². The van der Waals surface area contributed by atoms with E-state index in [1.165, 1.54) is 11.3 Å². The summed E-state index contributed by atoms with van der Waals surface area (Å²) in [5, 5.41) is 16.2. The van der Waals surface area contributed by atoms with Crippen LogP contribution < -0.4 is 5.32 Å². The standard InChI is InChI=1S/C13H12N2O4S2/c16-11(14-8-5-19-4-7(8)13(17)18)9-6-21-12(15-9)10-2-1-3-20-10/h1-3,6-8H,4-5H2,(H,14,16)(H,17,18). The molecule has 6 nitrogen and oxygen atoms in total. The van der Waals surface area contributed by atoms with Gasteiger partial charge in [-0.3, -0.25) is 9.59 Å². The Morgan fingerprint density at radius 1 is 1.38 bits per heavy atom. The summed E-state index contributed by atoms with van der Waals surface area (Å²) < 4.78 is 5.12. The number of carbonyl (C=O) groups is 2. The van der Waals surface area contributed by atoms with Gasteiger partial charge in [0.05, 0.1) is 24.1 Å². The number of nitrogens with zero attached hydrogens (tertiary/aromatic N) is 1. The van der Waals surface area contributed by atoms with Crippen LogP contribution in [0, 0.1) is 5.92 Å². The number of amides is 1. The molecule has 0 aliphatic carbocycles. The number of aliphatic carboxylic acids is 1. The molecule has 1 aliphatic heterocycles. The van der Waals surface area contributed by atoms with Gasteiger partial charge in [0.1, 0.15) is 16.6 Å². The summed E-state index contributed by atoms with van der Waals surface area (Å²) in [5.74, 6) is -2.03. The molecule has 1 fully saturated rings. The molecule has 0 bridgehead atoms. The van der Waals surface area contributed by atoms with E-state index in [9.17, 15) is 9.59 Å². The average Bonchev–Trinajstić information content (AvgIpc) is 3.19. The Morgan fingerprint density at radius 3 is 2.95 bits per heavy atom. The lowest BCUT2D eigenvalue weighted by molar-refractivity contribution is -0.142. The van der Waals surface area contributed by atoms with Crippen LogP contribution in [0.5, 0.6) is 0 Å². The molecule has 1 aliphatic rings. The summed E-state index contributed by atoms with van der Waals surface area (Å²) in [7, 11) is 0. The smallest absolute Gasteiger partial charge is 0.311 e. The van der Waals surface area contributed by atoms with Crippen LogP contribution in [0.2, 0.25) is 0 Å². The maximum atomic E-state index is 12.1. The average molecular weight is 324 g/mol. The second-order valence-corrected chi connectivity index (χ2v) is 6.38. The first-order valence-corrected chi connectivity index (χ1v) is 8.02. The van der Waals surface area contributed by atoms with Crippen molar-refractivity contribution in [2.45, 2.75) is 6.04 Å². The predicted molar refractivity (Wildman–Crippen MR) is 78.6 cm³/mol. The molecule has 0 spiro atoms. The molecule has 0 aromatic carbocycles. The fourth-order valence-corrected chi connectivity index (χ4v) is 3.69. The molecule has 2 atom stereocenters. The minimum Gasteiger partial charge on any atom is -0.481 e. The van der Waals surface area contributed by atoms with Gasteiger partial charge in [-0.05, 0) is 11.4 Å². The molecular weight excluding hydrogens is 312 g/mol. The van der Waals surface area contributed by atoms with Crippen molar-refractivity contribution < 1.29 is 19.4 Å². The minimum absolute atomic E-state index is 0.123. The molecule has 1 amide bonds. The van der Waals surface area contributed by atoms with Crippen LogP contribution in [0.3, 0.4) is 0 Å². The number of nitrogens with one attached hydrogen (secondary N) is 1. The van der Waals surface area contributed by atoms with E-state index in [0.717, 1.165) is 9.88 Å².